The van der Waals surface area contributed by atoms with Crippen molar-refractivity contribution in [3.05, 3.63) is 0 Å². The second kappa shape index (κ2) is 6.58. The van der Waals surface area contributed by atoms with Crippen molar-refractivity contribution in [1.82, 2.24) is 15.1 Å². The van der Waals surface area contributed by atoms with Crippen LogP contribution in [0.5, 0.6) is 0 Å². The van der Waals surface area contributed by atoms with E-state index in [1.54, 1.807) is 6.92 Å². The number of carbonyl (C=O) groups excluding carboxylic acids is 1. The number of nitrogens with one attached hydrogen (secondary N) is 1. The van der Waals surface area contributed by atoms with Gasteiger partial charge in [0.05, 0.1) is 5.92 Å². The second-order valence-electron chi connectivity index (χ2n) is 5.06. The van der Waals surface area contributed by atoms with Gasteiger partial charge in [-0.3, -0.25) is 4.79 Å². The van der Waals surface area contributed by atoms with Gasteiger partial charge in [0.15, 0.2) is 0 Å². The molecule has 104 valence electrons. The molecule has 1 rings (SSSR count). The van der Waals surface area contributed by atoms with Crippen LogP contribution in [0.25, 0.3) is 0 Å². The third-order valence-electron chi connectivity index (χ3n) is 3.37. The molecule has 2 unspecified atom stereocenters. The van der Waals surface area contributed by atoms with Crippen molar-refractivity contribution in [1.29, 1.82) is 0 Å². The third-order valence-corrected chi connectivity index (χ3v) is 3.37. The van der Waals surface area contributed by atoms with Gasteiger partial charge in [-0.25, -0.2) is 4.79 Å². The lowest BCUT2D eigenvalue weighted by molar-refractivity contribution is -0.141. The van der Waals surface area contributed by atoms with Crippen molar-refractivity contribution in [2.24, 2.45) is 5.92 Å². The summed E-state index contributed by atoms with van der Waals surface area (Å²) in [5.41, 5.74) is 0. The van der Waals surface area contributed by atoms with E-state index in [1.165, 1.54) is 0 Å². The number of likely N-dealkylation sites (N-methyl/N-ethyl adjacent to an activating group) is 1. The summed E-state index contributed by atoms with van der Waals surface area (Å²) in [5, 5.41) is 11.5. The maximum Gasteiger partial charge on any atom is 0.317 e. The first-order valence-electron chi connectivity index (χ1n) is 6.37. The van der Waals surface area contributed by atoms with E-state index in [0.717, 1.165) is 19.6 Å². The summed E-state index contributed by atoms with van der Waals surface area (Å²) in [6.45, 7) is 6.55. The Kier molecular flexibility index (Phi) is 5.40. The summed E-state index contributed by atoms with van der Waals surface area (Å²) in [4.78, 5) is 26.6. The smallest absolute Gasteiger partial charge is 0.317 e. The van der Waals surface area contributed by atoms with Gasteiger partial charge in [0.2, 0.25) is 0 Å². The zero-order valence-corrected chi connectivity index (χ0v) is 11.3. The number of urea groups is 1. The minimum absolute atomic E-state index is 0.0896. The second-order valence-corrected chi connectivity index (χ2v) is 5.06. The van der Waals surface area contributed by atoms with Crippen molar-refractivity contribution in [2.75, 3.05) is 33.2 Å². The third kappa shape index (κ3) is 4.18. The summed E-state index contributed by atoms with van der Waals surface area (Å²) >= 11 is 0. The lowest BCUT2D eigenvalue weighted by Gasteiger charge is -2.38. The Bertz CT molecular complexity index is 309. The number of aliphatic carboxylic acids is 1. The van der Waals surface area contributed by atoms with E-state index in [-0.39, 0.29) is 12.1 Å². The molecule has 1 aliphatic heterocycles. The summed E-state index contributed by atoms with van der Waals surface area (Å²) in [5.74, 6) is -1.24. The average Bonchev–Trinajstić information content (AvgIpc) is 2.28. The van der Waals surface area contributed by atoms with Gasteiger partial charge in [-0.1, -0.05) is 6.92 Å². The van der Waals surface area contributed by atoms with E-state index >= 15 is 0 Å². The minimum atomic E-state index is -0.822. The van der Waals surface area contributed by atoms with E-state index in [4.69, 9.17) is 5.11 Å². The van der Waals surface area contributed by atoms with Crippen LogP contribution in [0.4, 0.5) is 4.79 Å². The fourth-order valence-corrected chi connectivity index (χ4v) is 2.06. The van der Waals surface area contributed by atoms with E-state index in [1.807, 2.05) is 18.9 Å². The Morgan fingerprint density at radius 2 is 2.11 bits per heavy atom. The molecule has 0 aromatic carbocycles. The number of carboxylic acids is 1. The van der Waals surface area contributed by atoms with Crippen molar-refractivity contribution in [3.8, 4) is 0 Å². The first-order valence-corrected chi connectivity index (χ1v) is 6.37. The summed E-state index contributed by atoms with van der Waals surface area (Å²) in [6.07, 6.45) is 0.462. The number of nitrogens with zero attached hydrogens (tertiary/aromatic N) is 2. The lowest BCUT2D eigenvalue weighted by Crippen LogP contribution is -2.55. The highest BCUT2D eigenvalue weighted by Crippen LogP contribution is 2.08. The van der Waals surface area contributed by atoms with Crippen molar-refractivity contribution >= 4 is 12.0 Å². The van der Waals surface area contributed by atoms with Gasteiger partial charge in [0, 0.05) is 32.2 Å². The number of piperazine rings is 1. The van der Waals surface area contributed by atoms with Gasteiger partial charge in [0.1, 0.15) is 0 Å². The molecule has 1 fully saturated rings. The predicted molar refractivity (Wildman–Crippen MR) is 68.5 cm³/mol. The number of carbonyl (C=O) groups is 2. The molecule has 2 atom stereocenters. The maximum absolute atomic E-state index is 11.9. The van der Waals surface area contributed by atoms with E-state index in [2.05, 4.69) is 10.2 Å². The van der Waals surface area contributed by atoms with Crippen LogP contribution in [0.15, 0.2) is 0 Å². The highest BCUT2D eigenvalue weighted by Gasteiger charge is 2.25. The van der Waals surface area contributed by atoms with Crippen LogP contribution in [0.2, 0.25) is 0 Å². The van der Waals surface area contributed by atoms with Gasteiger partial charge in [0.25, 0.3) is 0 Å². The number of hydrogen-bond donors (Lipinski definition) is 2. The number of rotatable bonds is 4. The molecule has 0 aliphatic carbocycles. The molecule has 0 aromatic heterocycles. The quantitative estimate of drug-likeness (QED) is 0.766. The molecule has 2 N–H and O–H groups in total. The molecule has 18 heavy (non-hydrogen) atoms. The summed E-state index contributed by atoms with van der Waals surface area (Å²) in [6, 6.07) is 0.105. The Balaban J connectivity index is 2.30. The van der Waals surface area contributed by atoms with E-state index in [9.17, 15) is 9.59 Å². The number of carboxylic acid groups (broad SMARTS) is 1. The fraction of sp³-hybridized carbons (Fsp3) is 0.833. The molecule has 1 heterocycles. The Labute approximate surface area is 108 Å². The van der Waals surface area contributed by atoms with E-state index in [0.29, 0.717) is 13.0 Å². The normalized spacial score (nSPS) is 22.6. The van der Waals surface area contributed by atoms with Crippen LogP contribution in [-0.2, 0) is 4.79 Å². The average molecular weight is 257 g/mol. The standard InChI is InChI=1S/C12H23N3O3/c1-9(11(16)17)4-5-13-12(18)15-7-6-14(3)8-10(15)2/h9-10H,4-8H2,1-3H3,(H,13,18)(H,16,17). The minimum Gasteiger partial charge on any atom is -0.481 e. The fourth-order valence-electron chi connectivity index (χ4n) is 2.06. The molecule has 0 saturated carbocycles. The predicted octanol–water partition coefficient (Wildman–Crippen LogP) is 0.443. The molecular weight excluding hydrogens is 234 g/mol. The zero-order valence-electron chi connectivity index (χ0n) is 11.3. The molecule has 6 heteroatoms. The highest BCUT2D eigenvalue weighted by molar-refractivity contribution is 5.75. The molecular formula is C12H23N3O3. The zero-order chi connectivity index (χ0) is 13.7. The van der Waals surface area contributed by atoms with Crippen LogP contribution >= 0.6 is 0 Å². The van der Waals surface area contributed by atoms with Crippen LogP contribution in [0, 0.1) is 5.92 Å². The van der Waals surface area contributed by atoms with Crippen LogP contribution in [0.1, 0.15) is 20.3 Å². The molecule has 2 amide bonds. The Morgan fingerprint density at radius 3 is 2.67 bits per heavy atom. The molecule has 1 aliphatic rings. The van der Waals surface area contributed by atoms with E-state index < -0.39 is 11.9 Å². The maximum atomic E-state index is 11.9. The molecule has 0 radical (unpaired) electrons. The molecule has 1 saturated heterocycles. The monoisotopic (exact) mass is 257 g/mol. The van der Waals surface area contributed by atoms with Gasteiger partial charge < -0.3 is 20.2 Å². The van der Waals surface area contributed by atoms with Crippen molar-refractivity contribution in [2.45, 2.75) is 26.3 Å². The largest absolute Gasteiger partial charge is 0.481 e. The molecule has 6 nitrogen and oxygen atoms in total. The van der Waals surface area contributed by atoms with Crippen LogP contribution in [0.3, 0.4) is 0 Å². The van der Waals surface area contributed by atoms with Crippen molar-refractivity contribution < 1.29 is 14.7 Å². The lowest BCUT2D eigenvalue weighted by atomic mass is 10.1. The molecule has 0 aromatic rings. The first kappa shape index (κ1) is 14.8. The summed E-state index contributed by atoms with van der Waals surface area (Å²) < 4.78 is 0. The van der Waals surface area contributed by atoms with Gasteiger partial charge in [-0.15, -0.1) is 0 Å². The van der Waals surface area contributed by atoms with Gasteiger partial charge in [-0.05, 0) is 20.4 Å². The van der Waals surface area contributed by atoms with Gasteiger partial charge in [-0.2, -0.15) is 0 Å². The van der Waals surface area contributed by atoms with Crippen LogP contribution < -0.4 is 5.32 Å². The number of hydrogen-bond acceptors (Lipinski definition) is 3. The SMILES string of the molecule is CC(CCNC(=O)N1CCN(C)CC1C)C(=O)O. The summed E-state index contributed by atoms with van der Waals surface area (Å²) in [7, 11) is 2.04. The van der Waals surface area contributed by atoms with Gasteiger partial charge >= 0.3 is 12.0 Å². The topological polar surface area (TPSA) is 72.9 Å². The van der Waals surface area contributed by atoms with Crippen LogP contribution in [-0.4, -0.2) is 66.2 Å². The van der Waals surface area contributed by atoms with Crippen molar-refractivity contribution in [3.63, 3.8) is 0 Å². The number of amides is 2. The molecule has 0 spiro atoms. The molecule has 0 bridgehead atoms. The highest BCUT2D eigenvalue weighted by atomic mass is 16.4. The Hall–Kier alpha value is -1.30. The Morgan fingerprint density at radius 1 is 1.44 bits per heavy atom. The first-order chi connectivity index (χ1) is 8.41.